The van der Waals surface area contributed by atoms with Gasteiger partial charge in [0.1, 0.15) is 5.69 Å². The summed E-state index contributed by atoms with van der Waals surface area (Å²) >= 11 is 1.21. The van der Waals surface area contributed by atoms with Crippen LogP contribution < -0.4 is 10.2 Å². The van der Waals surface area contributed by atoms with Crippen LogP contribution in [0.25, 0.3) is 0 Å². The molecular weight excluding hydrogens is 330 g/mol. The third kappa shape index (κ3) is 2.20. The van der Waals surface area contributed by atoms with Gasteiger partial charge in [0.25, 0.3) is 11.4 Å². The van der Waals surface area contributed by atoms with Gasteiger partial charge < -0.3 is 20.9 Å². The lowest BCUT2D eigenvalue weighted by atomic mass is 9.90. The molecule has 0 bridgehead atoms. The number of quaternary nitrogens is 1. The Hall–Kier alpha value is -2.99. The lowest BCUT2D eigenvalue weighted by molar-refractivity contribution is -0.808. The van der Waals surface area contributed by atoms with E-state index < -0.39 is 27.2 Å². The quantitative estimate of drug-likeness (QED) is 0.439. The number of fused-ring (bicyclic) bond motifs is 1. The van der Waals surface area contributed by atoms with Crippen LogP contribution in [-0.4, -0.2) is 27.7 Å². The van der Waals surface area contributed by atoms with Crippen LogP contribution in [0.1, 0.15) is 22.2 Å². The van der Waals surface area contributed by atoms with Gasteiger partial charge in [0, 0.05) is 6.07 Å². The zero-order chi connectivity index (χ0) is 16.7. The van der Waals surface area contributed by atoms with Gasteiger partial charge in [-0.2, -0.15) is 4.90 Å². The molecule has 1 atom stereocenters. The zero-order valence-electron chi connectivity index (χ0n) is 11.5. The predicted octanol–water partition coefficient (Wildman–Crippen LogP) is -0.702. The third-order valence-electron chi connectivity index (χ3n) is 3.45. The third-order valence-corrected chi connectivity index (χ3v) is 4.45. The van der Waals surface area contributed by atoms with Crippen molar-refractivity contribution in [1.82, 2.24) is 5.16 Å². The molecule has 2 heterocycles. The van der Waals surface area contributed by atoms with E-state index in [4.69, 9.17) is 0 Å². The summed E-state index contributed by atoms with van der Waals surface area (Å²) in [7, 11) is 1.75. The summed E-state index contributed by atoms with van der Waals surface area (Å²) in [5, 5.41) is 52.4. The summed E-state index contributed by atoms with van der Waals surface area (Å²) in [4.78, 5) is 10.3. The van der Waals surface area contributed by atoms with Crippen LogP contribution in [0, 0.1) is 25.7 Å². The van der Waals surface area contributed by atoms with E-state index in [1.165, 1.54) is 11.3 Å². The molecule has 0 fully saturated rings. The molecule has 0 aromatic carbocycles. The molecule has 1 aliphatic carbocycles. The monoisotopic (exact) mass is 339 g/mol. The molecule has 0 saturated heterocycles. The Morgan fingerprint density at radius 2 is 2.17 bits per heavy atom. The Morgan fingerprint density at radius 3 is 2.78 bits per heavy atom. The lowest BCUT2D eigenvalue weighted by Crippen LogP contribution is -2.73. The van der Waals surface area contributed by atoms with Crippen LogP contribution in [0.2, 0.25) is 0 Å². The van der Waals surface area contributed by atoms with Crippen LogP contribution in [0.15, 0.2) is 27.8 Å². The molecule has 2 aromatic heterocycles. The highest BCUT2D eigenvalue weighted by Gasteiger charge is 2.48. The molecule has 12 heteroatoms. The predicted molar refractivity (Wildman–Crippen MR) is 75.3 cm³/mol. The standard InChI is InChI=1S/C11H8N5O6S/c1-12-5-2-3-23-11(5)8-6(14(17)18)4-7(15(19)20)9-10(8)16(21)22-13-9/h2-4,8,12H,1H3/q-1/p+1. The van der Waals surface area contributed by atoms with Crippen LogP contribution in [0.3, 0.4) is 0 Å². The van der Waals surface area contributed by atoms with E-state index >= 15 is 0 Å². The van der Waals surface area contributed by atoms with Gasteiger partial charge in [-0.15, -0.1) is 11.3 Å². The second-order valence-corrected chi connectivity index (χ2v) is 5.54. The highest BCUT2D eigenvalue weighted by atomic mass is 32.1. The largest absolute Gasteiger partial charge is 0.612 e. The van der Waals surface area contributed by atoms with Gasteiger partial charge in [0.2, 0.25) is 5.69 Å². The summed E-state index contributed by atoms with van der Waals surface area (Å²) in [5.41, 5.74) is -0.959. The number of hydrogen-bond acceptors (Lipinski definition) is 8. The van der Waals surface area contributed by atoms with Crippen molar-refractivity contribution >= 4 is 22.7 Å². The number of nitro groups is 1. The molecule has 2 aromatic rings. The van der Waals surface area contributed by atoms with E-state index in [0.29, 0.717) is 10.6 Å². The van der Waals surface area contributed by atoms with Crippen molar-refractivity contribution in [2.45, 2.75) is 5.92 Å². The van der Waals surface area contributed by atoms with Gasteiger partial charge in [0.05, 0.1) is 28.1 Å². The zero-order valence-corrected chi connectivity index (χ0v) is 12.3. The van der Waals surface area contributed by atoms with Crippen LogP contribution in [-0.2, 0) is 0 Å². The minimum atomic E-state index is -1.08. The van der Waals surface area contributed by atoms with E-state index in [1.807, 2.05) is 0 Å². The minimum absolute atomic E-state index is 0.0147. The van der Waals surface area contributed by atoms with Crippen molar-refractivity contribution in [2.24, 2.45) is 0 Å². The summed E-state index contributed by atoms with van der Waals surface area (Å²) in [6.45, 7) is 0. The molecule has 0 spiro atoms. The van der Waals surface area contributed by atoms with Crippen LogP contribution in [0.5, 0.6) is 0 Å². The first kappa shape index (κ1) is 14.9. The SMILES string of the molecule is C[NH2+]c1ccsc1C1C([N+](=O)[O-])=CC(=[N+]([O-])[O-])c2no[n+]([O-])c21. The fraction of sp³-hybridized carbons (Fsp3) is 0.182. The second kappa shape index (κ2) is 5.33. The molecule has 23 heavy (non-hydrogen) atoms. The van der Waals surface area contributed by atoms with Crippen molar-refractivity contribution in [3.63, 3.8) is 0 Å². The molecule has 3 rings (SSSR count). The highest BCUT2D eigenvalue weighted by Crippen LogP contribution is 2.40. The maximum absolute atomic E-state index is 11.9. The van der Waals surface area contributed by atoms with Gasteiger partial charge in [-0.25, -0.2) is 0 Å². The second-order valence-electron chi connectivity index (χ2n) is 4.59. The van der Waals surface area contributed by atoms with Gasteiger partial charge in [-0.3, -0.25) is 14.7 Å². The number of hydrogen-bond donors (Lipinski definition) is 1. The fourth-order valence-corrected chi connectivity index (χ4v) is 3.52. The number of allylic oxidation sites excluding steroid dienone is 2. The summed E-state index contributed by atoms with van der Waals surface area (Å²) in [6, 6.07) is 1.74. The molecule has 11 nitrogen and oxygen atoms in total. The number of aromatic nitrogens is 2. The molecule has 0 aliphatic heterocycles. The molecular formula is C11H9N5O6S. The van der Waals surface area contributed by atoms with E-state index in [2.05, 4.69) is 9.79 Å². The lowest BCUT2D eigenvalue weighted by Gasteiger charge is -2.15. The number of nitrogens with two attached hydrogens (primary N) is 1. The van der Waals surface area contributed by atoms with E-state index in [9.17, 15) is 25.7 Å². The van der Waals surface area contributed by atoms with Crippen molar-refractivity contribution < 1.29 is 24.7 Å². The molecule has 120 valence electrons. The van der Waals surface area contributed by atoms with Crippen molar-refractivity contribution in [3.05, 3.63) is 65.2 Å². The van der Waals surface area contributed by atoms with Gasteiger partial charge in [-0.05, 0) is 10.3 Å². The first-order valence-electron chi connectivity index (χ1n) is 6.29. The van der Waals surface area contributed by atoms with E-state index in [-0.39, 0.29) is 16.3 Å². The van der Waals surface area contributed by atoms with Crippen LogP contribution >= 0.6 is 11.3 Å². The Labute approximate surface area is 131 Å². The van der Waals surface area contributed by atoms with E-state index in [1.54, 1.807) is 23.8 Å². The average Bonchev–Trinajstić information content (AvgIpc) is 3.12. The molecule has 0 amide bonds. The maximum atomic E-state index is 11.9. The summed E-state index contributed by atoms with van der Waals surface area (Å²) < 4.78 is 4.45. The topological polar surface area (TPSA) is 162 Å². The molecule has 1 unspecified atom stereocenters. The summed E-state index contributed by atoms with van der Waals surface area (Å²) in [6.07, 6.45) is 0.828. The molecule has 0 radical (unpaired) electrons. The first-order chi connectivity index (χ1) is 11.0. The maximum Gasteiger partial charge on any atom is 0.318 e. The molecule has 1 aliphatic rings. The van der Waals surface area contributed by atoms with Gasteiger partial charge in [-0.1, -0.05) is 0 Å². The number of nitrogens with zero attached hydrogens (tertiary/aromatic N) is 4. The summed E-state index contributed by atoms with van der Waals surface area (Å²) in [5.74, 6) is -1.08. The minimum Gasteiger partial charge on any atom is -0.612 e. The molecule has 2 N–H and O–H groups in total. The van der Waals surface area contributed by atoms with Crippen LogP contribution in [0.4, 0.5) is 5.69 Å². The normalized spacial score (nSPS) is 16.8. The van der Waals surface area contributed by atoms with Gasteiger partial charge in [0.15, 0.2) is 5.92 Å². The average molecular weight is 339 g/mol. The Balaban J connectivity index is 2.32. The van der Waals surface area contributed by atoms with Crippen molar-refractivity contribution in [3.8, 4) is 0 Å². The first-order valence-corrected chi connectivity index (χ1v) is 7.17. The Bertz CT molecular complexity index is 849. The fourth-order valence-electron chi connectivity index (χ4n) is 2.47. The Morgan fingerprint density at radius 1 is 1.43 bits per heavy atom. The smallest absolute Gasteiger partial charge is 0.318 e. The van der Waals surface area contributed by atoms with Crippen molar-refractivity contribution in [1.29, 1.82) is 0 Å². The van der Waals surface area contributed by atoms with Gasteiger partial charge >= 0.3 is 5.69 Å². The highest BCUT2D eigenvalue weighted by molar-refractivity contribution is 7.10. The van der Waals surface area contributed by atoms with E-state index in [0.717, 1.165) is 6.08 Å². The molecule has 0 saturated carbocycles. The Kier molecular flexibility index (Phi) is 3.46. The number of thiophene rings is 1. The number of rotatable bonds is 3. The van der Waals surface area contributed by atoms with Crippen molar-refractivity contribution in [2.75, 3.05) is 7.05 Å².